The first-order chi connectivity index (χ1) is 9.82. The van der Waals surface area contributed by atoms with E-state index in [2.05, 4.69) is 34.2 Å². The first-order valence-electron chi connectivity index (χ1n) is 7.73. The third-order valence-corrected chi connectivity index (χ3v) is 4.85. The molecule has 3 heteroatoms. The van der Waals surface area contributed by atoms with Crippen LogP contribution in [-0.2, 0) is 16.8 Å². The third-order valence-electron chi connectivity index (χ3n) is 4.85. The summed E-state index contributed by atoms with van der Waals surface area (Å²) in [6, 6.07) is 8.70. The van der Waals surface area contributed by atoms with Crippen molar-refractivity contribution in [3.05, 3.63) is 35.4 Å². The molecule has 1 aliphatic heterocycles. The zero-order chi connectivity index (χ0) is 13.8. The van der Waals surface area contributed by atoms with Crippen molar-refractivity contribution in [1.29, 1.82) is 0 Å². The van der Waals surface area contributed by atoms with Crippen molar-refractivity contribution in [1.82, 2.24) is 4.90 Å². The molecule has 106 valence electrons. The Labute approximate surface area is 120 Å². The van der Waals surface area contributed by atoms with Crippen molar-refractivity contribution < 1.29 is 4.79 Å². The van der Waals surface area contributed by atoms with Crippen LogP contribution >= 0.6 is 0 Å². The molecule has 0 atom stereocenters. The summed E-state index contributed by atoms with van der Waals surface area (Å²) in [5, 5.41) is 0. The molecule has 1 heterocycles. The summed E-state index contributed by atoms with van der Waals surface area (Å²) >= 11 is 0. The van der Waals surface area contributed by atoms with Crippen molar-refractivity contribution >= 4 is 6.08 Å². The molecule has 0 unspecified atom stereocenters. The molecular weight excluding hydrogens is 248 g/mol. The van der Waals surface area contributed by atoms with Gasteiger partial charge in [0.1, 0.15) is 0 Å². The van der Waals surface area contributed by atoms with E-state index in [1.54, 1.807) is 6.08 Å². The minimum Gasteiger partial charge on any atom is -0.303 e. The van der Waals surface area contributed by atoms with Gasteiger partial charge >= 0.3 is 0 Å². The Balaban J connectivity index is 1.63. The normalized spacial score (nSPS) is 21.2. The van der Waals surface area contributed by atoms with Gasteiger partial charge in [-0.2, -0.15) is 4.99 Å². The Morgan fingerprint density at radius 2 is 1.80 bits per heavy atom. The monoisotopic (exact) mass is 270 g/mol. The van der Waals surface area contributed by atoms with E-state index in [1.165, 1.54) is 37.1 Å². The molecule has 0 N–H and O–H groups in total. The lowest BCUT2D eigenvalue weighted by Crippen LogP contribution is -2.31. The lowest BCUT2D eigenvalue weighted by Gasteiger charge is -2.37. The number of nitrogens with zero attached hydrogens (tertiary/aromatic N) is 2. The maximum atomic E-state index is 10.6. The molecular formula is C17H22N2O. The van der Waals surface area contributed by atoms with E-state index in [9.17, 15) is 4.79 Å². The molecule has 1 aromatic rings. The largest absolute Gasteiger partial charge is 0.303 e. The van der Waals surface area contributed by atoms with Gasteiger partial charge in [-0.15, -0.1) is 0 Å². The van der Waals surface area contributed by atoms with Gasteiger partial charge in [0.05, 0.1) is 5.54 Å². The number of carbonyl (C=O) groups excluding carboxylic acids is 1. The number of benzene rings is 1. The van der Waals surface area contributed by atoms with E-state index < -0.39 is 0 Å². The van der Waals surface area contributed by atoms with Crippen LogP contribution in [0.3, 0.4) is 0 Å². The van der Waals surface area contributed by atoms with E-state index in [0.29, 0.717) is 0 Å². The number of hydrogen-bond acceptors (Lipinski definition) is 3. The number of aliphatic imine (C=N–C) groups is 1. The van der Waals surface area contributed by atoms with Crippen molar-refractivity contribution in [2.24, 2.45) is 4.99 Å². The summed E-state index contributed by atoms with van der Waals surface area (Å²) in [7, 11) is 0. The zero-order valence-electron chi connectivity index (χ0n) is 12.0. The molecule has 1 saturated heterocycles. The van der Waals surface area contributed by atoms with Crippen LogP contribution in [0.15, 0.2) is 29.3 Å². The fourth-order valence-electron chi connectivity index (χ4n) is 3.34. The Morgan fingerprint density at radius 3 is 2.35 bits per heavy atom. The summed E-state index contributed by atoms with van der Waals surface area (Å²) in [6.07, 6.45) is 8.69. The molecule has 2 fully saturated rings. The summed E-state index contributed by atoms with van der Waals surface area (Å²) in [4.78, 5) is 17.2. The van der Waals surface area contributed by atoms with E-state index in [0.717, 1.165) is 32.2 Å². The minimum atomic E-state index is -0.255. The standard InChI is InChI=1S/C17H22N2O/c20-14-18-17(9-3-10-17)16-6-4-15(5-7-16)8-13-19-11-1-2-12-19/h4-7H,1-3,8-13H2. The average Bonchev–Trinajstić information content (AvgIpc) is 2.95. The van der Waals surface area contributed by atoms with Crippen LogP contribution in [0.1, 0.15) is 43.2 Å². The maximum Gasteiger partial charge on any atom is 0.235 e. The van der Waals surface area contributed by atoms with Gasteiger partial charge in [0.2, 0.25) is 6.08 Å². The number of isocyanates is 1. The second kappa shape index (κ2) is 5.90. The lowest BCUT2D eigenvalue weighted by atomic mass is 9.72. The predicted molar refractivity (Wildman–Crippen MR) is 79.5 cm³/mol. The summed E-state index contributed by atoms with van der Waals surface area (Å²) < 4.78 is 0. The SMILES string of the molecule is O=C=NC1(c2ccc(CCN3CCCC3)cc2)CCC1. The van der Waals surface area contributed by atoms with E-state index in [1.807, 2.05) is 0 Å². The molecule has 1 aliphatic carbocycles. The molecule has 2 aliphatic rings. The lowest BCUT2D eigenvalue weighted by molar-refractivity contribution is 0.256. The Bertz CT molecular complexity index is 492. The molecule has 0 amide bonds. The van der Waals surface area contributed by atoms with E-state index >= 15 is 0 Å². The topological polar surface area (TPSA) is 32.7 Å². The molecule has 1 saturated carbocycles. The van der Waals surface area contributed by atoms with E-state index in [4.69, 9.17) is 0 Å². The number of likely N-dealkylation sites (tertiary alicyclic amines) is 1. The molecule has 0 aromatic heterocycles. The van der Waals surface area contributed by atoms with Gasteiger partial charge < -0.3 is 4.90 Å². The summed E-state index contributed by atoms with van der Waals surface area (Å²) in [6.45, 7) is 3.68. The van der Waals surface area contributed by atoms with Crippen LogP contribution in [0.2, 0.25) is 0 Å². The van der Waals surface area contributed by atoms with Crippen LogP contribution in [0, 0.1) is 0 Å². The van der Waals surface area contributed by atoms with Gasteiger partial charge in [0.25, 0.3) is 0 Å². The maximum absolute atomic E-state index is 10.6. The second-order valence-electron chi connectivity index (χ2n) is 6.08. The van der Waals surface area contributed by atoms with Gasteiger partial charge in [-0.05, 0) is 62.7 Å². The smallest absolute Gasteiger partial charge is 0.235 e. The first kappa shape index (κ1) is 13.5. The van der Waals surface area contributed by atoms with Crippen molar-refractivity contribution in [2.75, 3.05) is 19.6 Å². The van der Waals surface area contributed by atoms with Gasteiger partial charge in [-0.25, -0.2) is 4.79 Å². The molecule has 0 bridgehead atoms. The quantitative estimate of drug-likeness (QED) is 0.608. The average molecular weight is 270 g/mol. The molecule has 1 aromatic carbocycles. The Morgan fingerprint density at radius 1 is 1.10 bits per heavy atom. The third kappa shape index (κ3) is 2.70. The van der Waals surface area contributed by atoms with Crippen LogP contribution in [0.5, 0.6) is 0 Å². The van der Waals surface area contributed by atoms with Crippen LogP contribution < -0.4 is 0 Å². The highest BCUT2D eigenvalue weighted by molar-refractivity contribution is 5.40. The molecule has 3 rings (SSSR count). The van der Waals surface area contributed by atoms with Crippen LogP contribution in [0.4, 0.5) is 0 Å². The minimum absolute atomic E-state index is 0.255. The molecule has 0 radical (unpaired) electrons. The van der Waals surface area contributed by atoms with Crippen LogP contribution in [-0.4, -0.2) is 30.6 Å². The highest BCUT2D eigenvalue weighted by Gasteiger charge is 2.38. The molecule has 3 nitrogen and oxygen atoms in total. The highest BCUT2D eigenvalue weighted by atomic mass is 16.1. The second-order valence-corrected chi connectivity index (χ2v) is 6.08. The van der Waals surface area contributed by atoms with Gasteiger partial charge in [-0.1, -0.05) is 24.3 Å². The Kier molecular flexibility index (Phi) is 4.00. The summed E-state index contributed by atoms with van der Waals surface area (Å²) in [5.74, 6) is 0. The van der Waals surface area contributed by atoms with Crippen molar-refractivity contribution in [3.63, 3.8) is 0 Å². The predicted octanol–water partition coefficient (Wildman–Crippen LogP) is 3.04. The van der Waals surface area contributed by atoms with Gasteiger partial charge in [-0.3, -0.25) is 0 Å². The van der Waals surface area contributed by atoms with Crippen molar-refractivity contribution in [3.8, 4) is 0 Å². The van der Waals surface area contributed by atoms with Gasteiger partial charge in [0, 0.05) is 6.54 Å². The van der Waals surface area contributed by atoms with E-state index in [-0.39, 0.29) is 5.54 Å². The Hall–Kier alpha value is -1.44. The summed E-state index contributed by atoms with van der Waals surface area (Å²) in [5.41, 5.74) is 2.30. The van der Waals surface area contributed by atoms with Crippen molar-refractivity contribution in [2.45, 2.75) is 44.1 Å². The zero-order valence-corrected chi connectivity index (χ0v) is 12.0. The number of rotatable bonds is 5. The van der Waals surface area contributed by atoms with Crippen LogP contribution in [0.25, 0.3) is 0 Å². The number of hydrogen-bond donors (Lipinski definition) is 0. The fraction of sp³-hybridized carbons (Fsp3) is 0.588. The molecule has 20 heavy (non-hydrogen) atoms. The molecule has 0 spiro atoms. The highest BCUT2D eigenvalue weighted by Crippen LogP contribution is 2.44. The first-order valence-corrected chi connectivity index (χ1v) is 7.73. The fourth-order valence-corrected chi connectivity index (χ4v) is 3.34. The van der Waals surface area contributed by atoms with Gasteiger partial charge in [0.15, 0.2) is 0 Å².